The topological polar surface area (TPSA) is 53.7 Å². The second-order valence-electron chi connectivity index (χ2n) is 7.56. The van der Waals surface area contributed by atoms with Crippen LogP contribution < -0.4 is 5.63 Å². The minimum absolute atomic E-state index is 0.281. The number of aliphatic hydroxyl groups is 1. The van der Waals surface area contributed by atoms with Gasteiger partial charge in [0.25, 0.3) is 0 Å². The SMILES string of the molecule is Cc1ccc2c(CN3CCC(C(O)c4ccccc4)CC3)cc(=O)oc2c1. The van der Waals surface area contributed by atoms with Gasteiger partial charge in [-0.2, -0.15) is 0 Å². The van der Waals surface area contributed by atoms with Crippen LogP contribution in [0.25, 0.3) is 11.0 Å². The largest absolute Gasteiger partial charge is 0.423 e. The van der Waals surface area contributed by atoms with Gasteiger partial charge in [-0.3, -0.25) is 4.90 Å². The predicted octanol–water partition coefficient (Wildman–Crippen LogP) is 4.05. The molecule has 0 bridgehead atoms. The zero-order valence-electron chi connectivity index (χ0n) is 15.6. The normalized spacial score (nSPS) is 17.3. The van der Waals surface area contributed by atoms with Crippen LogP contribution in [0.5, 0.6) is 0 Å². The van der Waals surface area contributed by atoms with Crippen molar-refractivity contribution >= 4 is 11.0 Å². The number of aryl methyl sites for hydroxylation is 1. The Morgan fingerprint density at radius 3 is 2.59 bits per heavy atom. The molecule has 3 aromatic rings. The second kappa shape index (κ2) is 7.67. The van der Waals surface area contributed by atoms with Crippen molar-refractivity contribution in [3.05, 3.63) is 81.7 Å². The van der Waals surface area contributed by atoms with E-state index in [0.29, 0.717) is 5.58 Å². The fraction of sp³-hybridized carbons (Fsp3) is 0.348. The molecular formula is C23H25NO3. The molecule has 0 saturated carbocycles. The Morgan fingerprint density at radius 1 is 1.11 bits per heavy atom. The van der Waals surface area contributed by atoms with E-state index in [4.69, 9.17) is 4.42 Å². The van der Waals surface area contributed by atoms with Crippen molar-refractivity contribution in [1.82, 2.24) is 4.90 Å². The van der Waals surface area contributed by atoms with E-state index in [1.54, 1.807) is 6.07 Å². The highest BCUT2D eigenvalue weighted by atomic mass is 16.4. The van der Waals surface area contributed by atoms with Gasteiger partial charge < -0.3 is 9.52 Å². The van der Waals surface area contributed by atoms with Crippen molar-refractivity contribution in [2.24, 2.45) is 5.92 Å². The molecule has 1 aliphatic rings. The number of nitrogens with zero attached hydrogens (tertiary/aromatic N) is 1. The van der Waals surface area contributed by atoms with Gasteiger partial charge in [0.15, 0.2) is 0 Å². The third-order valence-corrected chi connectivity index (χ3v) is 5.60. The van der Waals surface area contributed by atoms with Crippen molar-refractivity contribution in [3.8, 4) is 0 Å². The fourth-order valence-electron chi connectivity index (χ4n) is 4.06. The molecule has 1 aliphatic heterocycles. The van der Waals surface area contributed by atoms with Crippen molar-refractivity contribution < 1.29 is 9.52 Å². The summed E-state index contributed by atoms with van der Waals surface area (Å²) < 4.78 is 5.36. The average Bonchev–Trinajstić information content (AvgIpc) is 2.68. The van der Waals surface area contributed by atoms with Gasteiger partial charge in [0.2, 0.25) is 0 Å². The van der Waals surface area contributed by atoms with Gasteiger partial charge >= 0.3 is 5.63 Å². The maximum atomic E-state index is 11.9. The molecule has 1 saturated heterocycles. The fourth-order valence-corrected chi connectivity index (χ4v) is 4.06. The highest BCUT2D eigenvalue weighted by molar-refractivity contribution is 5.80. The van der Waals surface area contributed by atoms with Crippen LogP contribution in [0.1, 0.15) is 35.6 Å². The number of likely N-dealkylation sites (tertiary alicyclic amines) is 1. The lowest BCUT2D eigenvalue weighted by molar-refractivity contribution is 0.0568. The number of piperidine rings is 1. The van der Waals surface area contributed by atoms with E-state index in [1.165, 1.54) is 0 Å². The summed E-state index contributed by atoms with van der Waals surface area (Å²) in [6, 6.07) is 17.5. The molecule has 0 amide bonds. The Bertz CT molecular complexity index is 972. The van der Waals surface area contributed by atoms with Gasteiger partial charge in [-0.15, -0.1) is 0 Å². The first-order valence-corrected chi connectivity index (χ1v) is 9.59. The Kier molecular flexibility index (Phi) is 5.10. The first-order chi connectivity index (χ1) is 13.1. The van der Waals surface area contributed by atoms with Crippen LogP contribution in [0, 0.1) is 12.8 Å². The molecule has 4 heteroatoms. The Morgan fingerprint density at radius 2 is 1.85 bits per heavy atom. The number of rotatable bonds is 4. The minimum Gasteiger partial charge on any atom is -0.423 e. The summed E-state index contributed by atoms with van der Waals surface area (Å²) >= 11 is 0. The van der Waals surface area contributed by atoms with Crippen molar-refractivity contribution in [2.45, 2.75) is 32.4 Å². The zero-order valence-corrected chi connectivity index (χ0v) is 15.6. The molecular weight excluding hydrogens is 338 g/mol. The van der Waals surface area contributed by atoms with Crippen LogP contribution in [0.15, 0.2) is 63.8 Å². The van der Waals surface area contributed by atoms with Crippen LogP contribution in [-0.2, 0) is 6.54 Å². The van der Waals surface area contributed by atoms with E-state index in [2.05, 4.69) is 4.90 Å². The summed E-state index contributed by atoms with van der Waals surface area (Å²) in [4.78, 5) is 14.3. The van der Waals surface area contributed by atoms with E-state index < -0.39 is 6.10 Å². The van der Waals surface area contributed by atoms with Gasteiger partial charge in [0.05, 0.1) is 6.10 Å². The third-order valence-electron chi connectivity index (χ3n) is 5.60. The van der Waals surface area contributed by atoms with Crippen LogP contribution in [0.3, 0.4) is 0 Å². The van der Waals surface area contributed by atoms with E-state index in [0.717, 1.165) is 54.6 Å². The zero-order chi connectivity index (χ0) is 18.8. The molecule has 1 fully saturated rings. The molecule has 2 aromatic carbocycles. The summed E-state index contributed by atoms with van der Waals surface area (Å²) in [5, 5.41) is 11.7. The van der Waals surface area contributed by atoms with Crippen molar-refractivity contribution in [1.29, 1.82) is 0 Å². The maximum absolute atomic E-state index is 11.9. The highest BCUT2D eigenvalue weighted by Gasteiger charge is 2.26. The quantitative estimate of drug-likeness (QED) is 0.711. The van der Waals surface area contributed by atoms with Crippen LogP contribution in [0.4, 0.5) is 0 Å². The highest BCUT2D eigenvalue weighted by Crippen LogP contribution is 2.31. The van der Waals surface area contributed by atoms with E-state index >= 15 is 0 Å². The Hall–Kier alpha value is -2.43. The monoisotopic (exact) mass is 363 g/mol. The first-order valence-electron chi connectivity index (χ1n) is 9.59. The van der Waals surface area contributed by atoms with Gasteiger partial charge in [0.1, 0.15) is 5.58 Å². The lowest BCUT2D eigenvalue weighted by Gasteiger charge is -2.34. The molecule has 4 rings (SSSR count). The van der Waals surface area contributed by atoms with Crippen LogP contribution >= 0.6 is 0 Å². The summed E-state index contributed by atoms with van der Waals surface area (Å²) in [6.45, 7) is 4.57. The smallest absolute Gasteiger partial charge is 0.336 e. The summed E-state index contributed by atoms with van der Waals surface area (Å²) in [5.41, 5.74) is 3.46. The molecule has 1 aromatic heterocycles. The van der Waals surface area contributed by atoms with Crippen LogP contribution in [-0.4, -0.2) is 23.1 Å². The Labute approximate surface area is 159 Å². The number of benzene rings is 2. The summed E-state index contributed by atoms with van der Waals surface area (Å²) in [7, 11) is 0. The summed E-state index contributed by atoms with van der Waals surface area (Å²) in [6.07, 6.45) is 1.50. The molecule has 0 aliphatic carbocycles. The lowest BCUT2D eigenvalue weighted by atomic mass is 9.87. The minimum atomic E-state index is -0.402. The Balaban J connectivity index is 1.45. The molecule has 140 valence electrons. The molecule has 1 atom stereocenters. The molecule has 4 nitrogen and oxygen atoms in total. The summed E-state index contributed by atoms with van der Waals surface area (Å²) in [5.74, 6) is 0.281. The first kappa shape index (κ1) is 18.0. The standard InChI is InChI=1S/C23H25NO3/c1-16-7-8-20-19(14-22(25)27-21(20)13-16)15-24-11-9-18(10-12-24)23(26)17-5-3-2-4-6-17/h2-8,13-14,18,23,26H,9-12,15H2,1H3. The number of fused-ring (bicyclic) bond motifs is 1. The average molecular weight is 363 g/mol. The molecule has 27 heavy (non-hydrogen) atoms. The molecule has 2 heterocycles. The van der Waals surface area contributed by atoms with E-state index in [9.17, 15) is 9.90 Å². The van der Waals surface area contributed by atoms with E-state index in [-0.39, 0.29) is 11.5 Å². The lowest BCUT2D eigenvalue weighted by Crippen LogP contribution is -2.35. The number of aliphatic hydroxyl groups excluding tert-OH is 1. The van der Waals surface area contributed by atoms with Crippen molar-refractivity contribution in [2.75, 3.05) is 13.1 Å². The third kappa shape index (κ3) is 3.97. The number of hydrogen-bond donors (Lipinski definition) is 1. The van der Waals surface area contributed by atoms with Crippen LogP contribution in [0.2, 0.25) is 0 Å². The van der Waals surface area contributed by atoms with Crippen molar-refractivity contribution in [3.63, 3.8) is 0 Å². The maximum Gasteiger partial charge on any atom is 0.336 e. The van der Waals surface area contributed by atoms with Gasteiger partial charge in [-0.25, -0.2) is 4.79 Å². The molecule has 0 spiro atoms. The van der Waals surface area contributed by atoms with Gasteiger partial charge in [-0.05, 0) is 61.5 Å². The second-order valence-corrected chi connectivity index (χ2v) is 7.56. The van der Waals surface area contributed by atoms with E-state index in [1.807, 2.05) is 55.5 Å². The number of hydrogen-bond acceptors (Lipinski definition) is 4. The predicted molar refractivity (Wildman–Crippen MR) is 107 cm³/mol. The van der Waals surface area contributed by atoms with Gasteiger partial charge in [0, 0.05) is 18.0 Å². The van der Waals surface area contributed by atoms with Gasteiger partial charge in [-0.1, -0.05) is 42.5 Å². The molecule has 1 unspecified atom stereocenters. The molecule has 0 radical (unpaired) electrons. The molecule has 1 N–H and O–H groups in total.